The summed E-state index contributed by atoms with van der Waals surface area (Å²) in [5.74, 6) is 2.66. The van der Waals surface area contributed by atoms with Crippen LogP contribution in [0.5, 0.6) is 11.5 Å². The lowest BCUT2D eigenvalue weighted by Crippen LogP contribution is -2.05. The highest BCUT2D eigenvalue weighted by atomic mass is 16.5. The van der Waals surface area contributed by atoms with E-state index in [0.29, 0.717) is 0 Å². The lowest BCUT2D eigenvalue weighted by molar-refractivity contribution is -0.111. The van der Waals surface area contributed by atoms with Gasteiger partial charge in [0.2, 0.25) is 0 Å². The van der Waals surface area contributed by atoms with Crippen molar-refractivity contribution in [1.82, 2.24) is 0 Å². The fourth-order valence-corrected chi connectivity index (χ4v) is 3.07. The van der Waals surface area contributed by atoms with Gasteiger partial charge in [-0.25, -0.2) is 0 Å². The molecule has 2 aromatic carbocycles. The van der Waals surface area contributed by atoms with Gasteiger partial charge in [0.1, 0.15) is 29.1 Å². The summed E-state index contributed by atoms with van der Waals surface area (Å²) in [6.45, 7) is 0. The molecule has 0 N–H and O–H groups in total. The summed E-state index contributed by atoms with van der Waals surface area (Å²) in [7, 11) is 0. The van der Waals surface area contributed by atoms with Crippen molar-refractivity contribution in [2.75, 3.05) is 0 Å². The minimum atomic E-state index is 0.156. The molecule has 0 amide bonds. The maximum atomic E-state index is 10.9. The zero-order valence-corrected chi connectivity index (χ0v) is 13.3. The first-order valence-electron chi connectivity index (χ1n) is 8.23. The summed E-state index contributed by atoms with van der Waals surface area (Å²) in [4.78, 5) is 10.9. The molecule has 0 fully saturated rings. The van der Waals surface area contributed by atoms with Gasteiger partial charge in [-0.3, -0.25) is 0 Å². The predicted molar refractivity (Wildman–Crippen MR) is 94.1 cm³/mol. The van der Waals surface area contributed by atoms with Gasteiger partial charge < -0.3 is 13.9 Å². The van der Waals surface area contributed by atoms with Crippen molar-refractivity contribution in [3.05, 3.63) is 66.4 Å². The maximum Gasteiger partial charge on any atom is 0.135 e. The maximum absolute atomic E-state index is 10.9. The van der Waals surface area contributed by atoms with E-state index in [9.17, 15) is 4.79 Å². The van der Waals surface area contributed by atoms with Gasteiger partial charge in [0.15, 0.2) is 0 Å². The molecule has 0 spiro atoms. The Hall–Kier alpha value is -2.81. The molecule has 1 heterocycles. The topological polar surface area (TPSA) is 39.4 Å². The Morgan fingerprint density at radius 3 is 2.67 bits per heavy atom. The Morgan fingerprint density at radius 2 is 1.92 bits per heavy atom. The fourth-order valence-electron chi connectivity index (χ4n) is 3.07. The molecule has 0 saturated heterocycles. The highest BCUT2D eigenvalue weighted by molar-refractivity contribution is 5.83. The quantitative estimate of drug-likeness (QED) is 0.587. The number of carbonyl (C=O) groups excluding carboxylic acids is 1. The normalized spacial score (nSPS) is 17.5. The number of hydrogen-bond donors (Lipinski definition) is 0. The Labute approximate surface area is 140 Å². The number of ether oxygens (including phenoxy) is 1. The molecule has 0 bridgehead atoms. The van der Waals surface area contributed by atoms with E-state index >= 15 is 0 Å². The summed E-state index contributed by atoms with van der Waals surface area (Å²) in [5, 5.41) is 1.02. The number of aldehydes is 1. The van der Waals surface area contributed by atoms with E-state index in [4.69, 9.17) is 9.15 Å². The molecule has 0 radical (unpaired) electrons. The number of furan rings is 1. The first-order valence-corrected chi connectivity index (χ1v) is 8.23. The number of rotatable bonds is 4. The second-order valence-corrected chi connectivity index (χ2v) is 6.13. The summed E-state index contributed by atoms with van der Waals surface area (Å²) >= 11 is 0. The van der Waals surface area contributed by atoms with Crippen molar-refractivity contribution in [2.45, 2.75) is 19.3 Å². The lowest BCUT2D eigenvalue weighted by Gasteiger charge is -2.15. The number of hydrogen-bond acceptors (Lipinski definition) is 3. The van der Waals surface area contributed by atoms with E-state index in [1.54, 1.807) is 0 Å². The van der Waals surface area contributed by atoms with E-state index in [0.717, 1.165) is 53.8 Å². The van der Waals surface area contributed by atoms with Crippen LogP contribution in [0.3, 0.4) is 0 Å². The summed E-state index contributed by atoms with van der Waals surface area (Å²) in [6.07, 6.45) is 5.77. The van der Waals surface area contributed by atoms with Gasteiger partial charge in [-0.05, 0) is 61.2 Å². The molecule has 120 valence electrons. The van der Waals surface area contributed by atoms with Crippen LogP contribution in [0, 0.1) is 5.92 Å². The number of fused-ring (bicyclic) bond motifs is 1. The van der Waals surface area contributed by atoms with Crippen molar-refractivity contribution >= 4 is 22.8 Å². The average molecular weight is 318 g/mol. The predicted octanol–water partition coefficient (Wildman–Crippen LogP) is 5.61. The molecular formula is C21H18O3. The van der Waals surface area contributed by atoms with Crippen LogP contribution in [-0.2, 0) is 4.79 Å². The first kappa shape index (κ1) is 14.8. The highest BCUT2D eigenvalue weighted by Crippen LogP contribution is 2.34. The van der Waals surface area contributed by atoms with Gasteiger partial charge in [0.05, 0.1) is 0 Å². The Morgan fingerprint density at radius 1 is 1.04 bits per heavy atom. The molecule has 1 aliphatic rings. The number of allylic oxidation sites excluding steroid dienone is 2. The minimum absolute atomic E-state index is 0.156. The monoisotopic (exact) mass is 318 g/mol. The van der Waals surface area contributed by atoms with Crippen molar-refractivity contribution < 1.29 is 13.9 Å². The zero-order valence-electron chi connectivity index (χ0n) is 13.3. The van der Waals surface area contributed by atoms with Crippen molar-refractivity contribution in [3.63, 3.8) is 0 Å². The third kappa shape index (κ3) is 2.98. The van der Waals surface area contributed by atoms with Crippen molar-refractivity contribution in [1.29, 1.82) is 0 Å². The van der Waals surface area contributed by atoms with Gasteiger partial charge in [-0.2, -0.15) is 0 Å². The van der Waals surface area contributed by atoms with E-state index in [2.05, 4.69) is 12.1 Å². The third-order valence-electron chi connectivity index (χ3n) is 4.43. The standard InChI is InChI=1S/C21H18O3/c22-14-15-6-8-16(9-7-15)21-13-17-12-19(10-11-20(17)24-21)23-18-4-2-1-3-5-18/h1-5,8,10-15H,6-7,9H2. The number of carbonyl (C=O) groups is 1. The van der Waals surface area contributed by atoms with E-state index in [1.165, 1.54) is 5.57 Å². The lowest BCUT2D eigenvalue weighted by atomic mass is 9.90. The molecule has 3 nitrogen and oxygen atoms in total. The van der Waals surface area contributed by atoms with Gasteiger partial charge in [-0.15, -0.1) is 0 Å². The van der Waals surface area contributed by atoms with Gasteiger partial charge in [0.25, 0.3) is 0 Å². The van der Waals surface area contributed by atoms with E-state index in [1.807, 2.05) is 48.5 Å². The second-order valence-electron chi connectivity index (χ2n) is 6.13. The molecular weight excluding hydrogens is 300 g/mol. The van der Waals surface area contributed by atoms with Crippen LogP contribution in [0.1, 0.15) is 25.0 Å². The smallest absolute Gasteiger partial charge is 0.135 e. The SMILES string of the molecule is O=CC1CC=C(c2cc3cc(Oc4ccccc4)ccc3o2)CC1. The van der Waals surface area contributed by atoms with Crippen LogP contribution < -0.4 is 4.74 Å². The summed E-state index contributed by atoms with van der Waals surface area (Å²) in [5.41, 5.74) is 2.04. The number of benzene rings is 2. The van der Waals surface area contributed by atoms with E-state index in [-0.39, 0.29) is 5.92 Å². The van der Waals surface area contributed by atoms with Gasteiger partial charge >= 0.3 is 0 Å². The third-order valence-corrected chi connectivity index (χ3v) is 4.43. The molecule has 3 heteroatoms. The van der Waals surface area contributed by atoms with E-state index < -0.39 is 0 Å². The highest BCUT2D eigenvalue weighted by Gasteiger charge is 2.17. The molecule has 3 aromatic rings. The number of para-hydroxylation sites is 1. The Bertz CT molecular complexity index is 890. The van der Waals surface area contributed by atoms with Crippen LogP contribution >= 0.6 is 0 Å². The molecule has 24 heavy (non-hydrogen) atoms. The fraction of sp³-hybridized carbons (Fsp3) is 0.190. The molecule has 0 saturated carbocycles. The van der Waals surface area contributed by atoms with Crippen LogP contribution in [-0.4, -0.2) is 6.29 Å². The molecule has 4 rings (SSSR count). The zero-order chi connectivity index (χ0) is 16.4. The van der Waals surface area contributed by atoms with Crippen molar-refractivity contribution in [2.24, 2.45) is 5.92 Å². The Kier molecular flexibility index (Phi) is 3.91. The Balaban J connectivity index is 1.60. The van der Waals surface area contributed by atoms with Crippen molar-refractivity contribution in [3.8, 4) is 11.5 Å². The second kappa shape index (κ2) is 6.36. The molecule has 1 aliphatic carbocycles. The molecule has 1 aromatic heterocycles. The molecule has 1 atom stereocenters. The minimum Gasteiger partial charge on any atom is -0.457 e. The van der Waals surface area contributed by atoms with Crippen LogP contribution in [0.4, 0.5) is 0 Å². The largest absolute Gasteiger partial charge is 0.457 e. The first-order chi connectivity index (χ1) is 11.8. The van der Waals surface area contributed by atoms with Gasteiger partial charge in [-0.1, -0.05) is 24.3 Å². The molecule has 1 unspecified atom stereocenters. The summed E-state index contributed by atoms with van der Waals surface area (Å²) in [6, 6.07) is 17.6. The average Bonchev–Trinajstić information content (AvgIpc) is 3.06. The summed E-state index contributed by atoms with van der Waals surface area (Å²) < 4.78 is 11.8. The van der Waals surface area contributed by atoms with Crippen LogP contribution in [0.2, 0.25) is 0 Å². The van der Waals surface area contributed by atoms with Crippen LogP contribution in [0.25, 0.3) is 16.5 Å². The molecule has 0 aliphatic heterocycles. The van der Waals surface area contributed by atoms with Crippen LogP contribution in [0.15, 0.2) is 65.1 Å². The van der Waals surface area contributed by atoms with Gasteiger partial charge in [0, 0.05) is 11.3 Å².